The van der Waals surface area contributed by atoms with Gasteiger partial charge in [-0.05, 0) is 22.3 Å². The third-order valence-electron chi connectivity index (χ3n) is 4.32. The summed E-state index contributed by atoms with van der Waals surface area (Å²) in [5.41, 5.74) is 4.77. The van der Waals surface area contributed by atoms with E-state index in [-0.39, 0.29) is 12.3 Å². The van der Waals surface area contributed by atoms with Gasteiger partial charge in [0, 0.05) is 24.0 Å². The molecule has 0 aliphatic heterocycles. The Hall–Kier alpha value is -2.47. The van der Waals surface area contributed by atoms with Crippen molar-refractivity contribution in [2.75, 3.05) is 24.7 Å². The molecule has 0 spiro atoms. The molecule has 0 heterocycles. The van der Waals surface area contributed by atoms with Gasteiger partial charge in [-0.15, -0.1) is 0 Å². The van der Waals surface area contributed by atoms with Crippen LogP contribution in [0.5, 0.6) is 0 Å². The van der Waals surface area contributed by atoms with Gasteiger partial charge in [-0.1, -0.05) is 48.5 Å². The van der Waals surface area contributed by atoms with Crippen LogP contribution in [0.15, 0.2) is 48.5 Å². The number of fused-ring (bicyclic) bond motifs is 3. The van der Waals surface area contributed by atoms with Crippen molar-refractivity contribution in [3.05, 3.63) is 59.7 Å². The molecule has 0 atom stereocenters. The number of amides is 1. The van der Waals surface area contributed by atoms with Crippen LogP contribution < -0.4 is 5.32 Å². The Morgan fingerprint density at radius 1 is 1.00 bits per heavy atom. The number of carbonyl (C=O) groups excluding carboxylic acids is 1. The van der Waals surface area contributed by atoms with Gasteiger partial charge in [0.1, 0.15) is 6.61 Å². The van der Waals surface area contributed by atoms with Crippen LogP contribution in [0.4, 0.5) is 4.79 Å². The highest BCUT2D eigenvalue weighted by Crippen LogP contribution is 2.44. The number of ether oxygens (including phenoxy) is 1. The van der Waals surface area contributed by atoms with E-state index in [1.807, 2.05) is 24.3 Å². The van der Waals surface area contributed by atoms with Crippen LogP contribution in [0.25, 0.3) is 11.1 Å². The normalized spacial score (nSPS) is 12.3. The molecule has 0 unspecified atom stereocenters. The summed E-state index contributed by atoms with van der Waals surface area (Å²) in [5, 5.41) is 11.3. The summed E-state index contributed by atoms with van der Waals surface area (Å²) in [6, 6.07) is 16.4. The zero-order valence-corrected chi connectivity index (χ0v) is 15.1. The summed E-state index contributed by atoms with van der Waals surface area (Å²) in [5.74, 6) is 0.458. The summed E-state index contributed by atoms with van der Waals surface area (Å²) in [6.07, 6.45) is -0.305. The number of carbonyl (C=O) groups is 2. The summed E-state index contributed by atoms with van der Waals surface area (Å²) in [7, 11) is 0. The smallest absolute Gasteiger partial charge is 0.407 e. The number of aliphatic carboxylic acids is 1. The predicted octanol–water partition coefficient (Wildman–Crippen LogP) is 3.73. The van der Waals surface area contributed by atoms with Crippen molar-refractivity contribution < 1.29 is 19.4 Å². The van der Waals surface area contributed by atoms with E-state index in [0.717, 1.165) is 0 Å². The molecule has 5 nitrogen and oxygen atoms in total. The van der Waals surface area contributed by atoms with E-state index >= 15 is 0 Å². The van der Waals surface area contributed by atoms with E-state index in [9.17, 15) is 9.59 Å². The molecule has 1 aliphatic carbocycles. The first kappa shape index (κ1) is 18.3. The zero-order chi connectivity index (χ0) is 18.4. The fourth-order valence-electron chi connectivity index (χ4n) is 3.14. The molecule has 26 heavy (non-hydrogen) atoms. The van der Waals surface area contributed by atoms with Gasteiger partial charge in [0.2, 0.25) is 0 Å². The van der Waals surface area contributed by atoms with E-state index in [1.165, 1.54) is 34.0 Å². The minimum Gasteiger partial charge on any atom is -0.481 e. The summed E-state index contributed by atoms with van der Waals surface area (Å²) in [4.78, 5) is 22.4. The number of carboxylic acids is 1. The van der Waals surface area contributed by atoms with Gasteiger partial charge in [-0.3, -0.25) is 4.79 Å². The average molecular weight is 371 g/mol. The highest BCUT2D eigenvalue weighted by molar-refractivity contribution is 7.99. The van der Waals surface area contributed by atoms with Crippen molar-refractivity contribution in [2.24, 2.45) is 0 Å². The van der Waals surface area contributed by atoms with Crippen molar-refractivity contribution in [3.63, 3.8) is 0 Å². The molecular formula is C20H21NO4S. The Labute approximate surface area is 156 Å². The molecule has 6 heteroatoms. The Kier molecular flexibility index (Phi) is 6.17. The van der Waals surface area contributed by atoms with Gasteiger partial charge in [-0.25, -0.2) is 4.79 Å². The lowest BCUT2D eigenvalue weighted by atomic mass is 9.98. The van der Waals surface area contributed by atoms with Crippen LogP contribution >= 0.6 is 11.8 Å². The minimum atomic E-state index is -0.804. The molecule has 0 saturated heterocycles. The minimum absolute atomic E-state index is 0.0538. The van der Waals surface area contributed by atoms with Gasteiger partial charge < -0.3 is 15.2 Å². The largest absolute Gasteiger partial charge is 0.481 e. The Bertz CT molecular complexity index is 747. The number of rotatable bonds is 8. The molecule has 0 saturated carbocycles. The predicted molar refractivity (Wildman–Crippen MR) is 103 cm³/mol. The summed E-state index contributed by atoms with van der Waals surface area (Å²) >= 11 is 1.50. The SMILES string of the molecule is O=C(O)CCSCCNC(=O)OCC1c2ccccc2-c2ccccc21. The second kappa shape index (κ2) is 8.76. The zero-order valence-electron chi connectivity index (χ0n) is 14.3. The van der Waals surface area contributed by atoms with Crippen LogP contribution in [-0.4, -0.2) is 41.8 Å². The van der Waals surface area contributed by atoms with E-state index in [0.29, 0.717) is 24.7 Å². The first-order valence-corrected chi connectivity index (χ1v) is 9.70. The number of hydrogen-bond acceptors (Lipinski definition) is 4. The fourth-order valence-corrected chi connectivity index (χ4v) is 3.91. The van der Waals surface area contributed by atoms with Gasteiger partial charge >= 0.3 is 12.1 Å². The second-order valence-electron chi connectivity index (χ2n) is 6.01. The Morgan fingerprint density at radius 3 is 2.23 bits per heavy atom. The molecule has 1 amide bonds. The quantitative estimate of drug-likeness (QED) is 0.692. The van der Waals surface area contributed by atoms with E-state index in [4.69, 9.17) is 9.84 Å². The van der Waals surface area contributed by atoms with E-state index < -0.39 is 12.1 Å². The second-order valence-corrected chi connectivity index (χ2v) is 7.23. The Balaban J connectivity index is 1.49. The maximum Gasteiger partial charge on any atom is 0.407 e. The van der Waals surface area contributed by atoms with Crippen LogP contribution in [0, 0.1) is 0 Å². The van der Waals surface area contributed by atoms with Gasteiger partial charge in [0.25, 0.3) is 0 Å². The molecule has 2 N–H and O–H groups in total. The van der Waals surface area contributed by atoms with Crippen molar-refractivity contribution in [1.29, 1.82) is 0 Å². The molecule has 1 aliphatic rings. The maximum atomic E-state index is 11.9. The lowest BCUT2D eigenvalue weighted by molar-refractivity contribution is -0.136. The van der Waals surface area contributed by atoms with Crippen LogP contribution in [0.3, 0.4) is 0 Å². The number of hydrogen-bond donors (Lipinski definition) is 2. The fraction of sp³-hybridized carbons (Fsp3) is 0.300. The van der Waals surface area contributed by atoms with E-state index in [1.54, 1.807) is 0 Å². The first-order chi connectivity index (χ1) is 12.7. The molecule has 0 fully saturated rings. The molecule has 0 aromatic heterocycles. The number of nitrogens with one attached hydrogen (secondary N) is 1. The summed E-state index contributed by atoms with van der Waals surface area (Å²) < 4.78 is 5.43. The number of alkyl carbamates (subject to hydrolysis) is 1. The van der Waals surface area contributed by atoms with Crippen LogP contribution in [-0.2, 0) is 9.53 Å². The highest BCUT2D eigenvalue weighted by atomic mass is 32.2. The molecular weight excluding hydrogens is 350 g/mol. The lowest BCUT2D eigenvalue weighted by Gasteiger charge is -2.14. The standard InChI is InChI=1S/C20H21NO4S/c22-19(23)9-11-26-12-10-21-20(24)25-13-18-16-7-3-1-5-14(16)15-6-2-4-8-17(15)18/h1-8,18H,9-13H2,(H,21,24)(H,22,23). The third kappa shape index (κ3) is 4.38. The van der Waals surface area contributed by atoms with Gasteiger partial charge in [0.05, 0.1) is 6.42 Å². The van der Waals surface area contributed by atoms with Gasteiger partial charge in [0.15, 0.2) is 0 Å². The first-order valence-electron chi connectivity index (χ1n) is 8.55. The topological polar surface area (TPSA) is 75.6 Å². The van der Waals surface area contributed by atoms with E-state index in [2.05, 4.69) is 29.6 Å². The van der Waals surface area contributed by atoms with Crippen molar-refractivity contribution in [3.8, 4) is 11.1 Å². The molecule has 136 valence electrons. The number of thioether (sulfide) groups is 1. The summed E-state index contributed by atoms with van der Waals surface area (Å²) in [6.45, 7) is 0.757. The lowest BCUT2D eigenvalue weighted by Crippen LogP contribution is -2.28. The average Bonchev–Trinajstić information content (AvgIpc) is 2.96. The molecule has 2 aromatic rings. The van der Waals surface area contributed by atoms with Crippen molar-refractivity contribution in [2.45, 2.75) is 12.3 Å². The van der Waals surface area contributed by atoms with Crippen LogP contribution in [0.2, 0.25) is 0 Å². The van der Waals surface area contributed by atoms with Crippen LogP contribution in [0.1, 0.15) is 23.5 Å². The molecule has 3 rings (SSSR count). The van der Waals surface area contributed by atoms with Gasteiger partial charge in [-0.2, -0.15) is 11.8 Å². The number of carboxylic acid groups (broad SMARTS) is 1. The molecule has 2 aromatic carbocycles. The molecule has 0 bridgehead atoms. The monoisotopic (exact) mass is 371 g/mol. The molecule has 0 radical (unpaired) electrons. The van der Waals surface area contributed by atoms with Crippen molar-refractivity contribution >= 4 is 23.8 Å². The third-order valence-corrected chi connectivity index (χ3v) is 5.31. The highest BCUT2D eigenvalue weighted by Gasteiger charge is 2.28. The Morgan fingerprint density at radius 2 is 1.62 bits per heavy atom. The van der Waals surface area contributed by atoms with Crippen molar-refractivity contribution in [1.82, 2.24) is 5.32 Å². The maximum absolute atomic E-state index is 11.9. The number of benzene rings is 2.